The molecular formula is C25H30FN3O2. The van der Waals surface area contributed by atoms with E-state index in [2.05, 4.69) is 10.6 Å². The standard InChI is InChI=1S/C25H30FN3O2/c1-17-13-20(9-11-22(17)26)23-12-10-21(24(30)27-14-19-7-8-19)16-29(23)25(31)28-15-18-5-3-2-4-6-18/h2-6,9,11,13,19,21,23H,7-8,10,12,14-16H2,1H3,(H,27,30)(H,28,31). The molecule has 2 unspecified atom stereocenters. The minimum Gasteiger partial charge on any atom is -0.356 e. The summed E-state index contributed by atoms with van der Waals surface area (Å²) in [4.78, 5) is 27.6. The van der Waals surface area contributed by atoms with Crippen LogP contribution in [0.15, 0.2) is 48.5 Å². The zero-order valence-electron chi connectivity index (χ0n) is 17.9. The summed E-state index contributed by atoms with van der Waals surface area (Å²) in [5.41, 5.74) is 2.48. The predicted molar refractivity (Wildman–Crippen MR) is 118 cm³/mol. The van der Waals surface area contributed by atoms with Crippen molar-refractivity contribution in [3.63, 3.8) is 0 Å². The highest BCUT2D eigenvalue weighted by molar-refractivity contribution is 5.81. The topological polar surface area (TPSA) is 61.4 Å². The molecule has 0 spiro atoms. The van der Waals surface area contributed by atoms with E-state index in [4.69, 9.17) is 0 Å². The van der Waals surface area contributed by atoms with E-state index in [0.717, 1.165) is 17.7 Å². The summed E-state index contributed by atoms with van der Waals surface area (Å²) in [5, 5.41) is 6.05. The number of hydrogen-bond donors (Lipinski definition) is 2. The molecule has 2 aromatic rings. The molecule has 1 heterocycles. The molecule has 6 heteroatoms. The number of carbonyl (C=O) groups excluding carboxylic acids is 2. The van der Waals surface area contributed by atoms with Crippen LogP contribution in [0.3, 0.4) is 0 Å². The minimum atomic E-state index is -0.253. The summed E-state index contributed by atoms with van der Waals surface area (Å²) in [6, 6.07) is 14.4. The van der Waals surface area contributed by atoms with Gasteiger partial charge in [-0.15, -0.1) is 0 Å². The third-order valence-corrected chi connectivity index (χ3v) is 6.33. The van der Waals surface area contributed by atoms with Crippen molar-refractivity contribution >= 4 is 11.9 Å². The van der Waals surface area contributed by atoms with Gasteiger partial charge in [-0.2, -0.15) is 0 Å². The number of hydrogen-bond acceptors (Lipinski definition) is 2. The number of urea groups is 1. The quantitative estimate of drug-likeness (QED) is 0.727. The Morgan fingerprint density at radius 1 is 1.03 bits per heavy atom. The van der Waals surface area contributed by atoms with Crippen molar-refractivity contribution < 1.29 is 14.0 Å². The average Bonchev–Trinajstić information content (AvgIpc) is 3.62. The Kier molecular flexibility index (Phi) is 6.54. The molecule has 0 aromatic heterocycles. The zero-order chi connectivity index (χ0) is 21.8. The van der Waals surface area contributed by atoms with Gasteiger partial charge in [-0.1, -0.05) is 42.5 Å². The van der Waals surface area contributed by atoms with E-state index >= 15 is 0 Å². The lowest BCUT2D eigenvalue weighted by Gasteiger charge is -2.39. The molecule has 0 bridgehead atoms. The molecule has 1 saturated heterocycles. The van der Waals surface area contributed by atoms with E-state index in [1.807, 2.05) is 36.4 Å². The number of halogens is 1. The number of piperidine rings is 1. The van der Waals surface area contributed by atoms with Gasteiger partial charge in [0.05, 0.1) is 12.0 Å². The van der Waals surface area contributed by atoms with Crippen molar-refractivity contribution in [2.45, 2.75) is 45.2 Å². The third kappa shape index (κ3) is 5.43. The molecule has 2 atom stereocenters. The lowest BCUT2D eigenvalue weighted by molar-refractivity contribution is -0.126. The summed E-state index contributed by atoms with van der Waals surface area (Å²) < 4.78 is 13.8. The first-order chi connectivity index (χ1) is 15.0. The van der Waals surface area contributed by atoms with E-state index in [0.29, 0.717) is 37.4 Å². The highest BCUT2D eigenvalue weighted by Crippen LogP contribution is 2.35. The molecule has 164 valence electrons. The smallest absolute Gasteiger partial charge is 0.318 e. The van der Waals surface area contributed by atoms with Gasteiger partial charge in [0.15, 0.2) is 0 Å². The van der Waals surface area contributed by atoms with Crippen LogP contribution >= 0.6 is 0 Å². The number of aryl methyl sites for hydroxylation is 1. The van der Waals surface area contributed by atoms with Gasteiger partial charge in [0.1, 0.15) is 5.82 Å². The summed E-state index contributed by atoms with van der Waals surface area (Å²) in [7, 11) is 0. The number of rotatable bonds is 6. The Morgan fingerprint density at radius 2 is 1.81 bits per heavy atom. The number of amides is 3. The van der Waals surface area contributed by atoms with Gasteiger partial charge < -0.3 is 15.5 Å². The van der Waals surface area contributed by atoms with E-state index in [1.54, 1.807) is 17.9 Å². The van der Waals surface area contributed by atoms with Crippen LogP contribution in [-0.2, 0) is 11.3 Å². The molecular weight excluding hydrogens is 393 g/mol. The molecule has 31 heavy (non-hydrogen) atoms. The Hall–Kier alpha value is -2.89. The van der Waals surface area contributed by atoms with Crippen LogP contribution < -0.4 is 10.6 Å². The lowest BCUT2D eigenvalue weighted by Crippen LogP contribution is -2.50. The molecule has 4 rings (SSSR count). The maximum atomic E-state index is 13.8. The number of likely N-dealkylation sites (tertiary alicyclic amines) is 1. The normalized spacial score (nSPS) is 20.9. The first-order valence-corrected chi connectivity index (χ1v) is 11.1. The lowest BCUT2D eigenvalue weighted by atomic mass is 9.88. The zero-order valence-corrected chi connectivity index (χ0v) is 17.9. The van der Waals surface area contributed by atoms with Crippen molar-refractivity contribution in [2.24, 2.45) is 11.8 Å². The first kappa shape index (κ1) is 21.3. The molecule has 2 aromatic carbocycles. The first-order valence-electron chi connectivity index (χ1n) is 11.1. The van der Waals surface area contributed by atoms with E-state index in [9.17, 15) is 14.0 Å². The van der Waals surface area contributed by atoms with E-state index in [-0.39, 0.29) is 29.7 Å². The molecule has 2 aliphatic rings. The molecule has 0 radical (unpaired) electrons. The molecule has 1 aliphatic heterocycles. The monoisotopic (exact) mass is 423 g/mol. The third-order valence-electron chi connectivity index (χ3n) is 6.33. The van der Waals surface area contributed by atoms with Gasteiger partial charge in [0.2, 0.25) is 5.91 Å². The Labute approximate surface area is 183 Å². The second-order valence-electron chi connectivity index (χ2n) is 8.78. The molecule has 1 saturated carbocycles. The molecule has 2 fully saturated rings. The minimum absolute atomic E-state index is 0.0292. The summed E-state index contributed by atoms with van der Waals surface area (Å²) in [6.45, 7) is 3.24. The molecule has 5 nitrogen and oxygen atoms in total. The second kappa shape index (κ2) is 9.50. The van der Waals surface area contributed by atoms with Crippen LogP contribution in [-0.4, -0.2) is 29.9 Å². The molecule has 2 N–H and O–H groups in total. The van der Waals surface area contributed by atoms with Gasteiger partial charge in [-0.3, -0.25) is 4.79 Å². The van der Waals surface area contributed by atoms with Crippen LogP contribution in [0.2, 0.25) is 0 Å². The summed E-state index contributed by atoms with van der Waals surface area (Å²) >= 11 is 0. The van der Waals surface area contributed by atoms with Gasteiger partial charge in [-0.25, -0.2) is 9.18 Å². The second-order valence-corrected chi connectivity index (χ2v) is 8.78. The van der Waals surface area contributed by atoms with Crippen LogP contribution in [0.1, 0.15) is 48.4 Å². The van der Waals surface area contributed by atoms with Crippen molar-refractivity contribution in [1.29, 1.82) is 0 Å². The van der Waals surface area contributed by atoms with E-state index < -0.39 is 0 Å². The van der Waals surface area contributed by atoms with Crippen LogP contribution in [0.25, 0.3) is 0 Å². The maximum absolute atomic E-state index is 13.8. The molecule has 3 amide bonds. The van der Waals surface area contributed by atoms with Gasteiger partial charge in [0.25, 0.3) is 0 Å². The van der Waals surface area contributed by atoms with Crippen LogP contribution in [0.5, 0.6) is 0 Å². The molecule has 1 aliphatic carbocycles. The number of nitrogens with one attached hydrogen (secondary N) is 2. The van der Waals surface area contributed by atoms with Crippen molar-refractivity contribution in [2.75, 3.05) is 13.1 Å². The fourth-order valence-corrected chi connectivity index (χ4v) is 4.22. The van der Waals surface area contributed by atoms with Gasteiger partial charge in [0, 0.05) is 19.6 Å². The Morgan fingerprint density at radius 3 is 2.52 bits per heavy atom. The van der Waals surface area contributed by atoms with Gasteiger partial charge in [-0.05, 0) is 61.3 Å². The number of benzene rings is 2. The highest BCUT2D eigenvalue weighted by Gasteiger charge is 2.36. The largest absolute Gasteiger partial charge is 0.356 e. The van der Waals surface area contributed by atoms with Crippen LogP contribution in [0.4, 0.5) is 9.18 Å². The number of nitrogens with zero attached hydrogens (tertiary/aromatic N) is 1. The predicted octanol–water partition coefficient (Wildman–Crippen LogP) is 4.32. The van der Waals surface area contributed by atoms with Crippen LogP contribution in [0, 0.1) is 24.6 Å². The van der Waals surface area contributed by atoms with Crippen molar-refractivity contribution in [3.05, 3.63) is 71.0 Å². The SMILES string of the molecule is Cc1cc(C2CCC(C(=O)NCC3CC3)CN2C(=O)NCc2ccccc2)ccc1F. The average molecular weight is 424 g/mol. The number of carbonyl (C=O) groups is 2. The maximum Gasteiger partial charge on any atom is 0.318 e. The van der Waals surface area contributed by atoms with Crippen molar-refractivity contribution in [1.82, 2.24) is 15.5 Å². The summed E-state index contributed by atoms with van der Waals surface area (Å²) in [6.07, 6.45) is 3.75. The van der Waals surface area contributed by atoms with Crippen molar-refractivity contribution in [3.8, 4) is 0 Å². The fourth-order valence-electron chi connectivity index (χ4n) is 4.22. The fraction of sp³-hybridized carbons (Fsp3) is 0.440. The highest BCUT2D eigenvalue weighted by atomic mass is 19.1. The van der Waals surface area contributed by atoms with Gasteiger partial charge >= 0.3 is 6.03 Å². The Bertz CT molecular complexity index is 930. The van der Waals surface area contributed by atoms with E-state index in [1.165, 1.54) is 18.9 Å². The Balaban J connectivity index is 1.48. The summed E-state index contributed by atoms with van der Waals surface area (Å²) in [5.74, 6) is 0.172.